The average molecular weight is 589 g/mol. The van der Waals surface area contributed by atoms with Crippen molar-refractivity contribution < 1.29 is 35.6 Å². The Bertz CT molecular complexity index is 3830. The molecule has 43 heavy (non-hydrogen) atoms. The summed E-state index contributed by atoms with van der Waals surface area (Å²) in [4.78, 5) is 0. The molecule has 0 saturated heterocycles. The third kappa shape index (κ3) is 3.82. The normalized spacial score (nSPS) is 20.2. The molecule has 200 valence electrons. The summed E-state index contributed by atoms with van der Waals surface area (Å²) in [5.41, 5.74) is -4.31. The van der Waals surface area contributed by atoms with E-state index in [1.165, 1.54) is 0 Å². The molecule has 1 heteroatoms. The maximum atomic E-state index is 9.57. The Hall–Kier alpha value is -5.24. The van der Waals surface area contributed by atoms with Crippen molar-refractivity contribution in [2.24, 2.45) is 0 Å². The summed E-state index contributed by atoms with van der Waals surface area (Å²) in [6.07, 6.45) is 0. The minimum Gasteiger partial charge on any atom is -0.135 e. The van der Waals surface area contributed by atoms with Gasteiger partial charge in [0.05, 0.1) is 35.6 Å². The van der Waals surface area contributed by atoms with E-state index < -0.39 is 223 Å². The molecule has 0 spiro atoms. The molecule has 0 N–H and O–H groups in total. The quantitative estimate of drug-likeness (QED) is 0.180. The molecule has 0 nitrogen and oxygen atoms in total. The molecule has 9 rings (SSSR count). The van der Waals surface area contributed by atoms with E-state index in [2.05, 4.69) is 0 Å². The predicted molar refractivity (Wildman–Crippen MR) is 188 cm³/mol. The minimum atomic E-state index is -1.05. The summed E-state index contributed by atoms with van der Waals surface area (Å²) in [6.45, 7) is 0. The summed E-state index contributed by atoms with van der Waals surface area (Å²) in [7, 11) is 0. The monoisotopic (exact) mass is 588 g/mol. The summed E-state index contributed by atoms with van der Waals surface area (Å²) in [5.74, 6) is 0. The number of hydrogen-bond acceptors (Lipinski definition) is 1. The van der Waals surface area contributed by atoms with Crippen LogP contribution in [-0.4, -0.2) is 0 Å². The molecule has 1 aromatic heterocycles. The molecular weight excluding hydrogens is 537 g/mol. The molecule has 0 bridgehead atoms. The van der Waals surface area contributed by atoms with Crippen LogP contribution in [0.3, 0.4) is 0 Å². The van der Waals surface area contributed by atoms with Gasteiger partial charge in [0.15, 0.2) is 0 Å². The van der Waals surface area contributed by atoms with Gasteiger partial charge in [0.25, 0.3) is 0 Å². The van der Waals surface area contributed by atoms with Crippen LogP contribution in [0.1, 0.15) is 35.6 Å². The molecule has 8 aromatic carbocycles. The van der Waals surface area contributed by atoms with Crippen molar-refractivity contribution in [1.29, 1.82) is 0 Å². The van der Waals surface area contributed by atoms with Crippen LogP contribution in [0, 0.1) is 0 Å². The first-order valence-corrected chi connectivity index (χ1v) is 13.5. The van der Waals surface area contributed by atoms with Crippen molar-refractivity contribution in [3.63, 3.8) is 0 Å². The molecule has 0 fully saturated rings. The topological polar surface area (TPSA) is 0 Å². The fourth-order valence-corrected chi connectivity index (χ4v) is 6.11. The van der Waals surface area contributed by atoms with Gasteiger partial charge in [-0.1, -0.05) is 139 Å². The Labute approximate surface area is 290 Å². The van der Waals surface area contributed by atoms with Crippen molar-refractivity contribution in [3.05, 3.63) is 157 Å². The highest BCUT2D eigenvalue weighted by atomic mass is 32.1. The van der Waals surface area contributed by atoms with Crippen molar-refractivity contribution in [2.45, 2.75) is 0 Å². The molecule has 0 saturated carbocycles. The summed E-state index contributed by atoms with van der Waals surface area (Å²) in [5, 5.41) is -4.03. The van der Waals surface area contributed by atoms with Gasteiger partial charge >= 0.3 is 0 Å². The third-order valence-electron chi connectivity index (χ3n) is 6.95. The Kier molecular flexibility index (Phi) is 2.23. The largest absolute Gasteiger partial charge is 0.135 e. The Morgan fingerprint density at radius 3 is 1.53 bits per heavy atom. The fourth-order valence-electron chi connectivity index (χ4n) is 5.14. The standard InChI is InChI=1S/C42H26S/c1-2-11-28(12-3-1)41-33-15-4-6-17-35(33)42(36-18-7-5-16-34(36)41)29-23-21-27(22-24-29)31-19-10-13-30-25-38-32-14-8-9-20-39(32)43-40(38)26-37(30)31/h1-26H/i1D,2D,3D,4D,5D,6D,7D,8D,9D,10D,11D,12D,13D,14D,15D,16D,17D,18D,19D,20D,21D,22D,23D,24D,25D,26D. The molecule has 0 unspecified atom stereocenters. The van der Waals surface area contributed by atoms with Crippen LogP contribution in [0.4, 0.5) is 0 Å². The van der Waals surface area contributed by atoms with Crippen LogP contribution in [0.25, 0.3) is 85.9 Å². The zero-order chi connectivity index (χ0) is 51.0. The van der Waals surface area contributed by atoms with Crippen molar-refractivity contribution in [2.75, 3.05) is 0 Å². The third-order valence-corrected chi connectivity index (χ3v) is 7.97. The maximum Gasteiger partial charge on any atom is 0.0645 e. The number of rotatable bonds is 3. The smallest absolute Gasteiger partial charge is 0.0645 e. The van der Waals surface area contributed by atoms with E-state index in [0.717, 1.165) is 0 Å². The van der Waals surface area contributed by atoms with Crippen LogP contribution in [-0.2, 0) is 0 Å². The molecule has 0 atom stereocenters. The van der Waals surface area contributed by atoms with Gasteiger partial charge < -0.3 is 0 Å². The van der Waals surface area contributed by atoms with Crippen LogP contribution in [0.5, 0.6) is 0 Å². The average Bonchev–Trinajstić information content (AvgIpc) is 3.74. The summed E-state index contributed by atoms with van der Waals surface area (Å²) >= 11 is 0.697. The summed E-state index contributed by atoms with van der Waals surface area (Å²) < 4.78 is 232. The van der Waals surface area contributed by atoms with E-state index in [9.17, 15) is 13.7 Å². The fraction of sp³-hybridized carbons (Fsp3) is 0. The van der Waals surface area contributed by atoms with E-state index in [4.69, 9.17) is 21.9 Å². The van der Waals surface area contributed by atoms with Gasteiger partial charge in [-0.25, -0.2) is 0 Å². The molecule has 0 aliphatic carbocycles. The van der Waals surface area contributed by atoms with Crippen LogP contribution < -0.4 is 0 Å². The second-order valence-electron chi connectivity index (χ2n) is 9.26. The van der Waals surface area contributed by atoms with E-state index in [1.807, 2.05) is 0 Å². The highest BCUT2D eigenvalue weighted by Gasteiger charge is 2.17. The molecule has 1 heterocycles. The lowest BCUT2D eigenvalue weighted by Crippen LogP contribution is -1.90. The second-order valence-corrected chi connectivity index (χ2v) is 10.3. The van der Waals surface area contributed by atoms with E-state index in [1.54, 1.807) is 0 Å². The molecular formula is C42H26S. The van der Waals surface area contributed by atoms with Crippen molar-refractivity contribution in [3.8, 4) is 33.4 Å². The van der Waals surface area contributed by atoms with Gasteiger partial charge in [0.1, 0.15) is 0 Å². The Balaban J connectivity index is 1.52. The second kappa shape index (κ2) is 9.66. The van der Waals surface area contributed by atoms with Crippen molar-refractivity contribution in [1.82, 2.24) is 0 Å². The SMILES string of the molecule is [2H]c1c([2H])c([2H])c(-c2c3c([2H])c([2H])c([2H])c([2H])c3c(-c3c([2H])c([2H])c(-c4c([2H])c([2H])c([2H])c5c([2H])c6c(sc7c([2H])c([2H])c([2H])c([2H])c76)c([2H])c45)c([2H])c3[2H])c3c([2H])c([2H])c([2H])c([2H])c23)c([2H])c1[2H]. The van der Waals surface area contributed by atoms with Crippen LogP contribution in [0.15, 0.2) is 157 Å². The van der Waals surface area contributed by atoms with Gasteiger partial charge in [-0.3, -0.25) is 0 Å². The highest BCUT2D eigenvalue weighted by molar-refractivity contribution is 7.25. The zero-order valence-corrected chi connectivity index (χ0v) is 22.2. The van der Waals surface area contributed by atoms with E-state index >= 15 is 0 Å². The highest BCUT2D eigenvalue weighted by Crippen LogP contribution is 2.44. The van der Waals surface area contributed by atoms with Crippen molar-refractivity contribution >= 4 is 63.8 Å². The molecule has 0 radical (unpaired) electrons. The number of thiophene rings is 1. The lowest BCUT2D eigenvalue weighted by molar-refractivity contribution is 1.63. The predicted octanol–water partition coefficient (Wildman–Crippen LogP) is 12.5. The van der Waals surface area contributed by atoms with E-state index in [0.29, 0.717) is 11.3 Å². The van der Waals surface area contributed by atoms with Gasteiger partial charge in [-0.05, 0) is 83.8 Å². The Morgan fingerprint density at radius 2 is 0.884 bits per heavy atom. The number of fused-ring (bicyclic) bond motifs is 6. The van der Waals surface area contributed by atoms with Gasteiger partial charge in [-0.15, -0.1) is 11.3 Å². The minimum absolute atomic E-state index is 0.0554. The molecule has 0 amide bonds. The van der Waals surface area contributed by atoms with Crippen LogP contribution in [0.2, 0.25) is 0 Å². The van der Waals surface area contributed by atoms with Gasteiger partial charge in [0.2, 0.25) is 0 Å². The zero-order valence-electron chi connectivity index (χ0n) is 47.4. The van der Waals surface area contributed by atoms with Gasteiger partial charge in [-0.2, -0.15) is 0 Å². The van der Waals surface area contributed by atoms with E-state index in [-0.39, 0.29) is 20.2 Å². The first-order chi connectivity index (χ1) is 32.2. The molecule has 0 aliphatic rings. The Morgan fingerprint density at radius 1 is 0.349 bits per heavy atom. The van der Waals surface area contributed by atoms with Crippen LogP contribution >= 0.6 is 11.3 Å². The number of hydrogen-bond donors (Lipinski definition) is 0. The number of benzene rings is 8. The molecule has 0 aliphatic heterocycles. The first-order valence-electron chi connectivity index (χ1n) is 25.7. The molecule has 9 aromatic rings. The van der Waals surface area contributed by atoms with Gasteiger partial charge in [0, 0.05) is 20.2 Å². The lowest BCUT2D eigenvalue weighted by atomic mass is 9.85. The lowest BCUT2D eigenvalue weighted by Gasteiger charge is -2.18. The maximum absolute atomic E-state index is 9.57. The first kappa shape index (κ1) is 9.91. The summed E-state index contributed by atoms with van der Waals surface area (Å²) in [6, 6.07) is -22.3.